The van der Waals surface area contributed by atoms with Crippen molar-refractivity contribution in [2.45, 2.75) is 46.1 Å². The Morgan fingerprint density at radius 3 is 2.81 bits per heavy atom. The topological polar surface area (TPSA) is 71.0 Å². The number of rotatable bonds is 5. The Balaban J connectivity index is 2.24. The molecule has 0 unspecified atom stereocenters. The van der Waals surface area contributed by atoms with Crippen LogP contribution in [0, 0.1) is 10.7 Å². The number of piperidine rings is 1. The normalized spacial score (nSPS) is 21.0. The summed E-state index contributed by atoms with van der Waals surface area (Å²) in [6.45, 7) is 7.88. The van der Waals surface area contributed by atoms with Crippen molar-refractivity contribution < 1.29 is 8.42 Å². The van der Waals surface area contributed by atoms with Crippen molar-refractivity contribution in [1.82, 2.24) is 19.1 Å². The highest BCUT2D eigenvalue weighted by Gasteiger charge is 2.31. The summed E-state index contributed by atoms with van der Waals surface area (Å²) in [5.74, 6) is 1.63. The predicted molar refractivity (Wildman–Crippen MR) is 85.3 cm³/mol. The summed E-state index contributed by atoms with van der Waals surface area (Å²) in [7, 11) is -3.13. The van der Waals surface area contributed by atoms with Crippen LogP contribution >= 0.6 is 12.2 Å². The average molecular weight is 332 g/mol. The van der Waals surface area contributed by atoms with Crippen LogP contribution in [0.15, 0.2) is 0 Å². The summed E-state index contributed by atoms with van der Waals surface area (Å²) in [5.41, 5.74) is 0. The van der Waals surface area contributed by atoms with Gasteiger partial charge in [0.15, 0.2) is 4.77 Å². The van der Waals surface area contributed by atoms with E-state index < -0.39 is 10.0 Å². The summed E-state index contributed by atoms with van der Waals surface area (Å²) in [6.07, 6.45) is 1.82. The molecule has 120 valence electrons. The second-order valence-corrected chi connectivity index (χ2v) is 8.63. The van der Waals surface area contributed by atoms with Crippen molar-refractivity contribution in [3.05, 3.63) is 10.6 Å². The minimum Gasteiger partial charge on any atom is -0.304 e. The van der Waals surface area contributed by atoms with Gasteiger partial charge in [0.1, 0.15) is 5.82 Å². The van der Waals surface area contributed by atoms with Crippen molar-refractivity contribution in [3.8, 4) is 0 Å². The van der Waals surface area contributed by atoms with Gasteiger partial charge in [0.2, 0.25) is 10.0 Å². The molecular weight excluding hydrogens is 308 g/mol. The standard InChI is InChI=1S/C13H24N4O2S2/c1-4-21(18,19)16-7-5-6-11(9-16)12-14-15-13(20)17(12)8-10(2)3/h10-11H,4-9H2,1-3H3,(H,15,20)/t11-/m1/s1. The minimum atomic E-state index is -3.13. The molecule has 1 aromatic heterocycles. The Kier molecular flexibility index (Phi) is 5.21. The van der Waals surface area contributed by atoms with Crippen molar-refractivity contribution in [1.29, 1.82) is 0 Å². The van der Waals surface area contributed by atoms with E-state index in [4.69, 9.17) is 12.2 Å². The second-order valence-electron chi connectivity index (χ2n) is 5.99. The highest BCUT2D eigenvalue weighted by atomic mass is 32.2. The molecule has 0 spiro atoms. The van der Waals surface area contributed by atoms with Crippen LogP contribution in [0.4, 0.5) is 0 Å². The lowest BCUT2D eigenvalue weighted by Crippen LogP contribution is -2.40. The van der Waals surface area contributed by atoms with Gasteiger partial charge in [-0.25, -0.2) is 12.7 Å². The number of nitrogens with zero attached hydrogens (tertiary/aromatic N) is 3. The fraction of sp³-hybridized carbons (Fsp3) is 0.846. The number of hydrogen-bond acceptors (Lipinski definition) is 4. The number of nitrogens with one attached hydrogen (secondary N) is 1. The lowest BCUT2D eigenvalue weighted by atomic mass is 9.98. The van der Waals surface area contributed by atoms with E-state index in [2.05, 4.69) is 24.0 Å². The molecule has 0 bridgehead atoms. The van der Waals surface area contributed by atoms with Gasteiger partial charge in [-0.2, -0.15) is 5.10 Å². The lowest BCUT2D eigenvalue weighted by Gasteiger charge is -2.31. The molecule has 0 aromatic carbocycles. The summed E-state index contributed by atoms with van der Waals surface area (Å²) in [6, 6.07) is 0. The average Bonchev–Trinajstić information content (AvgIpc) is 2.80. The van der Waals surface area contributed by atoms with E-state index in [9.17, 15) is 8.42 Å². The summed E-state index contributed by atoms with van der Waals surface area (Å²) in [4.78, 5) is 0. The van der Waals surface area contributed by atoms with Crippen LogP contribution in [0.25, 0.3) is 0 Å². The smallest absolute Gasteiger partial charge is 0.213 e. The Morgan fingerprint density at radius 2 is 2.19 bits per heavy atom. The third-order valence-electron chi connectivity index (χ3n) is 3.84. The Morgan fingerprint density at radius 1 is 1.48 bits per heavy atom. The number of hydrogen-bond donors (Lipinski definition) is 1. The molecule has 0 radical (unpaired) electrons. The first-order valence-corrected chi connectivity index (χ1v) is 9.49. The SMILES string of the molecule is CCS(=O)(=O)N1CCC[C@@H](c2n[nH]c(=S)n2CC(C)C)C1. The zero-order chi connectivity index (χ0) is 15.6. The fourth-order valence-electron chi connectivity index (χ4n) is 2.77. The molecule has 21 heavy (non-hydrogen) atoms. The van der Waals surface area contributed by atoms with Gasteiger partial charge in [-0.15, -0.1) is 0 Å². The van der Waals surface area contributed by atoms with Gasteiger partial charge in [-0.3, -0.25) is 5.10 Å². The molecule has 1 aliphatic rings. The van der Waals surface area contributed by atoms with E-state index in [0.29, 0.717) is 23.8 Å². The van der Waals surface area contributed by atoms with Crippen LogP contribution in [-0.4, -0.2) is 46.3 Å². The van der Waals surface area contributed by atoms with Crippen molar-refractivity contribution in [2.75, 3.05) is 18.8 Å². The van der Waals surface area contributed by atoms with Crippen LogP contribution in [0.3, 0.4) is 0 Å². The third kappa shape index (κ3) is 3.73. The van der Waals surface area contributed by atoms with Gasteiger partial charge >= 0.3 is 0 Å². The van der Waals surface area contributed by atoms with Crippen LogP contribution < -0.4 is 0 Å². The number of H-pyrrole nitrogens is 1. The summed E-state index contributed by atoms with van der Waals surface area (Å²) < 4.78 is 28.4. The van der Waals surface area contributed by atoms with E-state index in [1.807, 2.05) is 4.57 Å². The molecule has 0 aliphatic carbocycles. The highest BCUT2D eigenvalue weighted by molar-refractivity contribution is 7.89. The fourth-order valence-corrected chi connectivity index (χ4v) is 4.16. The summed E-state index contributed by atoms with van der Waals surface area (Å²) >= 11 is 5.30. The molecule has 1 fully saturated rings. The van der Waals surface area contributed by atoms with Crippen molar-refractivity contribution in [3.63, 3.8) is 0 Å². The Hall–Kier alpha value is -0.730. The molecule has 0 amide bonds. The maximum atomic E-state index is 12.1. The summed E-state index contributed by atoms with van der Waals surface area (Å²) in [5, 5.41) is 7.21. The molecule has 8 heteroatoms. The van der Waals surface area contributed by atoms with Crippen molar-refractivity contribution >= 4 is 22.2 Å². The van der Waals surface area contributed by atoms with E-state index in [0.717, 1.165) is 25.2 Å². The molecule has 0 saturated carbocycles. The van der Waals surface area contributed by atoms with Gasteiger partial charge in [-0.1, -0.05) is 13.8 Å². The minimum absolute atomic E-state index is 0.117. The van der Waals surface area contributed by atoms with Crippen LogP contribution in [-0.2, 0) is 16.6 Å². The van der Waals surface area contributed by atoms with Crippen LogP contribution in [0.2, 0.25) is 0 Å². The van der Waals surface area contributed by atoms with E-state index in [1.165, 1.54) is 0 Å². The zero-order valence-corrected chi connectivity index (χ0v) is 14.5. The highest BCUT2D eigenvalue weighted by Crippen LogP contribution is 2.27. The third-order valence-corrected chi connectivity index (χ3v) is 6.00. The van der Waals surface area contributed by atoms with Gasteiger partial charge in [0.25, 0.3) is 0 Å². The Labute approximate surface area is 131 Å². The van der Waals surface area contributed by atoms with Gasteiger partial charge < -0.3 is 4.57 Å². The quantitative estimate of drug-likeness (QED) is 0.839. The number of aromatic amines is 1. The van der Waals surface area contributed by atoms with Gasteiger partial charge in [0.05, 0.1) is 5.75 Å². The van der Waals surface area contributed by atoms with E-state index in [-0.39, 0.29) is 11.7 Å². The van der Waals surface area contributed by atoms with Crippen LogP contribution in [0.5, 0.6) is 0 Å². The van der Waals surface area contributed by atoms with E-state index >= 15 is 0 Å². The molecule has 1 aromatic rings. The number of sulfonamides is 1. The molecule has 1 saturated heterocycles. The maximum Gasteiger partial charge on any atom is 0.213 e. The molecular formula is C13H24N4O2S2. The van der Waals surface area contributed by atoms with Gasteiger partial charge in [-0.05, 0) is 37.9 Å². The lowest BCUT2D eigenvalue weighted by molar-refractivity contribution is 0.302. The van der Waals surface area contributed by atoms with E-state index in [1.54, 1.807) is 11.2 Å². The molecule has 2 heterocycles. The monoisotopic (exact) mass is 332 g/mol. The largest absolute Gasteiger partial charge is 0.304 e. The van der Waals surface area contributed by atoms with Gasteiger partial charge in [0, 0.05) is 25.6 Å². The zero-order valence-electron chi connectivity index (χ0n) is 12.9. The number of aromatic nitrogens is 3. The molecule has 1 aliphatic heterocycles. The first kappa shape index (κ1) is 16.6. The maximum absolute atomic E-state index is 12.1. The first-order valence-electron chi connectivity index (χ1n) is 7.48. The second kappa shape index (κ2) is 6.58. The molecule has 2 rings (SSSR count). The predicted octanol–water partition coefficient (Wildman–Crippen LogP) is 2.13. The van der Waals surface area contributed by atoms with Crippen LogP contribution in [0.1, 0.15) is 45.4 Å². The van der Waals surface area contributed by atoms with Crippen molar-refractivity contribution in [2.24, 2.45) is 5.92 Å². The molecule has 1 atom stereocenters. The molecule has 6 nitrogen and oxygen atoms in total. The first-order chi connectivity index (χ1) is 9.85. The Bertz CT molecular complexity index is 633. The molecule has 1 N–H and O–H groups in total.